The third-order valence-corrected chi connectivity index (χ3v) is 2.94. The molecule has 0 aliphatic rings. The minimum absolute atomic E-state index is 0.534. The molecule has 0 saturated heterocycles. The van der Waals surface area contributed by atoms with Crippen LogP contribution in [0.3, 0.4) is 0 Å². The lowest BCUT2D eigenvalue weighted by molar-refractivity contribution is 0.692. The van der Waals surface area contributed by atoms with Gasteiger partial charge in [0.2, 0.25) is 0 Å². The van der Waals surface area contributed by atoms with E-state index in [9.17, 15) is 0 Å². The van der Waals surface area contributed by atoms with Crippen LogP contribution in [0.15, 0.2) is 23.7 Å². The molecular formula is C8H8ClN3S. The highest BCUT2D eigenvalue weighted by Gasteiger charge is 2.02. The average molecular weight is 214 g/mol. The van der Waals surface area contributed by atoms with Gasteiger partial charge in [-0.25, -0.2) is 0 Å². The molecule has 0 aliphatic heterocycles. The van der Waals surface area contributed by atoms with Crippen molar-refractivity contribution in [2.45, 2.75) is 6.54 Å². The van der Waals surface area contributed by atoms with Crippen LogP contribution in [0.25, 0.3) is 0 Å². The van der Waals surface area contributed by atoms with E-state index >= 15 is 0 Å². The Labute approximate surface area is 84.7 Å². The quantitative estimate of drug-likeness (QED) is 0.832. The summed E-state index contributed by atoms with van der Waals surface area (Å²) < 4.78 is 2.58. The highest BCUT2D eigenvalue weighted by atomic mass is 35.5. The summed E-state index contributed by atoms with van der Waals surface area (Å²) in [5.41, 5.74) is 6.56. The fraction of sp³-hybridized carbons (Fsp3) is 0.125. The van der Waals surface area contributed by atoms with Gasteiger partial charge in [0.25, 0.3) is 0 Å². The van der Waals surface area contributed by atoms with E-state index in [1.807, 2.05) is 17.6 Å². The van der Waals surface area contributed by atoms with Crippen LogP contribution in [0.5, 0.6) is 0 Å². The average Bonchev–Trinajstić information content (AvgIpc) is 2.64. The van der Waals surface area contributed by atoms with Gasteiger partial charge in [0.1, 0.15) is 5.82 Å². The van der Waals surface area contributed by atoms with Gasteiger partial charge >= 0.3 is 0 Å². The second-order valence-electron chi connectivity index (χ2n) is 2.66. The summed E-state index contributed by atoms with van der Waals surface area (Å²) in [6, 6.07) is 3.76. The molecule has 2 heterocycles. The molecule has 0 aromatic carbocycles. The fourth-order valence-corrected chi connectivity index (χ4v) is 1.98. The predicted molar refractivity (Wildman–Crippen MR) is 55.1 cm³/mol. The molecule has 0 atom stereocenters. The number of anilines is 1. The number of rotatable bonds is 2. The Morgan fingerprint density at radius 2 is 2.38 bits per heavy atom. The number of nitrogens with zero attached hydrogens (tertiary/aromatic N) is 2. The molecule has 0 fully saturated rings. The van der Waals surface area contributed by atoms with Crippen LogP contribution in [-0.4, -0.2) is 9.78 Å². The summed E-state index contributed by atoms with van der Waals surface area (Å²) in [4.78, 5) is 0. The van der Waals surface area contributed by atoms with Crippen molar-refractivity contribution in [3.8, 4) is 0 Å². The van der Waals surface area contributed by atoms with Crippen molar-refractivity contribution in [3.63, 3.8) is 0 Å². The van der Waals surface area contributed by atoms with E-state index < -0.39 is 0 Å². The summed E-state index contributed by atoms with van der Waals surface area (Å²) in [6.45, 7) is 0.680. The van der Waals surface area contributed by atoms with Gasteiger partial charge in [0.15, 0.2) is 0 Å². The molecule has 0 unspecified atom stereocenters. The first-order valence-corrected chi connectivity index (χ1v) is 5.02. The van der Waals surface area contributed by atoms with E-state index in [0.29, 0.717) is 12.4 Å². The molecule has 68 valence electrons. The summed E-state index contributed by atoms with van der Waals surface area (Å²) in [7, 11) is 0. The van der Waals surface area contributed by atoms with Crippen LogP contribution in [0.2, 0.25) is 4.34 Å². The van der Waals surface area contributed by atoms with Gasteiger partial charge < -0.3 is 5.73 Å². The maximum Gasteiger partial charge on any atom is 0.145 e. The zero-order valence-electron chi connectivity index (χ0n) is 6.77. The SMILES string of the molecule is Nc1ccn(Cc2ccsc2Cl)n1. The minimum atomic E-state index is 0.534. The molecule has 2 N–H and O–H groups in total. The summed E-state index contributed by atoms with van der Waals surface area (Å²) in [5, 5.41) is 6.03. The molecule has 2 aromatic rings. The predicted octanol–water partition coefficient (Wildman–Crippen LogP) is 2.23. The lowest BCUT2D eigenvalue weighted by Crippen LogP contribution is -2.00. The molecule has 5 heteroatoms. The lowest BCUT2D eigenvalue weighted by Gasteiger charge is -1.98. The second kappa shape index (κ2) is 3.40. The second-order valence-corrected chi connectivity index (χ2v) is 4.18. The number of nitrogens with two attached hydrogens (primary N) is 1. The van der Waals surface area contributed by atoms with Gasteiger partial charge in [-0.1, -0.05) is 11.6 Å². The highest BCUT2D eigenvalue weighted by Crippen LogP contribution is 2.23. The first-order valence-electron chi connectivity index (χ1n) is 3.76. The molecule has 0 bridgehead atoms. The van der Waals surface area contributed by atoms with E-state index in [-0.39, 0.29) is 0 Å². The standard InChI is InChI=1S/C8H8ClN3S/c9-8-6(2-4-13-8)5-12-3-1-7(10)11-12/h1-4H,5H2,(H2,10,11). The van der Waals surface area contributed by atoms with Crippen LogP contribution >= 0.6 is 22.9 Å². The van der Waals surface area contributed by atoms with Gasteiger partial charge in [-0.15, -0.1) is 11.3 Å². The van der Waals surface area contributed by atoms with Crippen molar-refractivity contribution in [1.29, 1.82) is 0 Å². The van der Waals surface area contributed by atoms with E-state index in [2.05, 4.69) is 5.10 Å². The van der Waals surface area contributed by atoms with Crippen LogP contribution in [0.1, 0.15) is 5.56 Å². The topological polar surface area (TPSA) is 43.8 Å². The van der Waals surface area contributed by atoms with Crippen molar-refractivity contribution >= 4 is 28.8 Å². The Kier molecular flexibility index (Phi) is 2.24. The van der Waals surface area contributed by atoms with Crippen molar-refractivity contribution in [2.75, 3.05) is 5.73 Å². The molecule has 3 nitrogen and oxygen atoms in total. The number of hydrogen-bond acceptors (Lipinski definition) is 3. The van der Waals surface area contributed by atoms with E-state index in [1.165, 1.54) is 11.3 Å². The third-order valence-electron chi connectivity index (χ3n) is 1.69. The van der Waals surface area contributed by atoms with E-state index in [0.717, 1.165) is 9.90 Å². The van der Waals surface area contributed by atoms with Crippen LogP contribution in [0, 0.1) is 0 Å². The monoisotopic (exact) mass is 213 g/mol. The van der Waals surface area contributed by atoms with Gasteiger partial charge in [-0.2, -0.15) is 5.10 Å². The number of thiophene rings is 1. The van der Waals surface area contributed by atoms with Crippen molar-refractivity contribution in [1.82, 2.24) is 9.78 Å². The molecule has 2 aromatic heterocycles. The Bertz CT molecular complexity index is 407. The Morgan fingerprint density at radius 3 is 2.92 bits per heavy atom. The molecule has 0 aliphatic carbocycles. The molecular weight excluding hydrogens is 206 g/mol. The fourth-order valence-electron chi connectivity index (χ4n) is 1.07. The summed E-state index contributed by atoms with van der Waals surface area (Å²) >= 11 is 7.47. The molecule has 0 amide bonds. The molecule has 0 radical (unpaired) electrons. The van der Waals surface area contributed by atoms with Crippen molar-refractivity contribution in [2.24, 2.45) is 0 Å². The zero-order valence-corrected chi connectivity index (χ0v) is 8.35. The molecule has 0 spiro atoms. The van der Waals surface area contributed by atoms with Crippen LogP contribution < -0.4 is 5.73 Å². The number of nitrogen functional groups attached to an aromatic ring is 1. The lowest BCUT2D eigenvalue weighted by atomic mass is 10.3. The Balaban J connectivity index is 2.19. The maximum absolute atomic E-state index is 5.94. The van der Waals surface area contributed by atoms with E-state index in [1.54, 1.807) is 10.7 Å². The first kappa shape index (κ1) is 8.59. The smallest absolute Gasteiger partial charge is 0.145 e. The molecule has 2 rings (SSSR count). The first-order chi connectivity index (χ1) is 6.25. The van der Waals surface area contributed by atoms with Gasteiger partial charge in [0.05, 0.1) is 10.9 Å². The summed E-state index contributed by atoms with van der Waals surface area (Å²) in [5.74, 6) is 0.534. The third kappa shape index (κ3) is 1.84. The number of halogens is 1. The molecule has 13 heavy (non-hydrogen) atoms. The zero-order chi connectivity index (χ0) is 9.26. The normalized spacial score (nSPS) is 10.5. The van der Waals surface area contributed by atoms with Crippen molar-refractivity contribution < 1.29 is 0 Å². The van der Waals surface area contributed by atoms with Crippen molar-refractivity contribution in [3.05, 3.63) is 33.6 Å². The Hall–Kier alpha value is -1.00. The number of aromatic nitrogens is 2. The van der Waals surface area contributed by atoms with E-state index in [4.69, 9.17) is 17.3 Å². The Morgan fingerprint density at radius 1 is 1.54 bits per heavy atom. The molecule has 0 saturated carbocycles. The maximum atomic E-state index is 5.94. The largest absolute Gasteiger partial charge is 0.382 e. The summed E-state index contributed by atoms with van der Waals surface area (Å²) in [6.07, 6.45) is 1.84. The van der Waals surface area contributed by atoms with Gasteiger partial charge in [-0.05, 0) is 17.5 Å². The minimum Gasteiger partial charge on any atom is -0.382 e. The van der Waals surface area contributed by atoms with Crippen LogP contribution in [-0.2, 0) is 6.54 Å². The van der Waals surface area contributed by atoms with Gasteiger partial charge in [0, 0.05) is 11.8 Å². The van der Waals surface area contributed by atoms with Gasteiger partial charge in [-0.3, -0.25) is 4.68 Å². The number of hydrogen-bond donors (Lipinski definition) is 1. The highest BCUT2D eigenvalue weighted by molar-refractivity contribution is 7.14. The van der Waals surface area contributed by atoms with Crippen LogP contribution in [0.4, 0.5) is 5.82 Å².